The van der Waals surface area contributed by atoms with Crippen molar-refractivity contribution in [2.45, 2.75) is 25.8 Å². The zero-order valence-corrected chi connectivity index (χ0v) is 10.4. The summed E-state index contributed by atoms with van der Waals surface area (Å²) in [5.74, 6) is 0. The highest BCUT2D eigenvalue weighted by atomic mass is 14.9. The molecular formula is C15H22N2. The van der Waals surface area contributed by atoms with Crippen LogP contribution < -0.4 is 10.6 Å². The van der Waals surface area contributed by atoms with Gasteiger partial charge in [0, 0.05) is 26.2 Å². The topological polar surface area (TPSA) is 24.1 Å². The molecule has 1 aromatic carbocycles. The molecule has 1 aromatic rings. The largest absolute Gasteiger partial charge is 0.312 e. The van der Waals surface area contributed by atoms with Gasteiger partial charge in [-0.2, -0.15) is 0 Å². The van der Waals surface area contributed by atoms with Crippen molar-refractivity contribution >= 4 is 0 Å². The van der Waals surface area contributed by atoms with Crippen LogP contribution in [0.25, 0.3) is 0 Å². The first-order valence-corrected chi connectivity index (χ1v) is 6.58. The molecule has 2 N–H and O–H groups in total. The van der Waals surface area contributed by atoms with Gasteiger partial charge in [-0.25, -0.2) is 0 Å². The molecule has 0 heterocycles. The molecule has 0 atom stereocenters. The average molecular weight is 230 g/mol. The second-order valence-electron chi connectivity index (χ2n) is 4.59. The Kier molecular flexibility index (Phi) is 5.27. The first-order valence-electron chi connectivity index (χ1n) is 6.58. The summed E-state index contributed by atoms with van der Waals surface area (Å²) < 4.78 is 0. The summed E-state index contributed by atoms with van der Waals surface area (Å²) in [5, 5.41) is 6.93. The summed E-state index contributed by atoms with van der Waals surface area (Å²) >= 11 is 0. The van der Waals surface area contributed by atoms with Crippen LogP contribution in [0.4, 0.5) is 0 Å². The van der Waals surface area contributed by atoms with Crippen LogP contribution >= 0.6 is 0 Å². The van der Waals surface area contributed by atoms with Gasteiger partial charge in [0.05, 0.1) is 0 Å². The van der Waals surface area contributed by atoms with Crippen LogP contribution in [0.1, 0.15) is 24.8 Å². The minimum absolute atomic E-state index is 0.964. The maximum atomic E-state index is 3.48. The molecule has 1 aliphatic rings. The van der Waals surface area contributed by atoms with Crippen molar-refractivity contribution < 1.29 is 0 Å². The van der Waals surface area contributed by atoms with Crippen molar-refractivity contribution in [3.05, 3.63) is 47.5 Å². The van der Waals surface area contributed by atoms with Crippen molar-refractivity contribution in [3.63, 3.8) is 0 Å². The van der Waals surface area contributed by atoms with E-state index in [0.717, 1.165) is 26.2 Å². The van der Waals surface area contributed by atoms with Crippen molar-refractivity contribution in [3.8, 4) is 0 Å². The number of rotatable bonds is 7. The summed E-state index contributed by atoms with van der Waals surface area (Å²) in [7, 11) is 0. The van der Waals surface area contributed by atoms with Crippen molar-refractivity contribution in [1.29, 1.82) is 0 Å². The minimum atomic E-state index is 0.964. The summed E-state index contributed by atoms with van der Waals surface area (Å²) in [5.41, 5.74) is 2.94. The summed E-state index contributed by atoms with van der Waals surface area (Å²) in [6.07, 6.45) is 6.31. The quantitative estimate of drug-likeness (QED) is 0.555. The predicted molar refractivity (Wildman–Crippen MR) is 73.0 cm³/mol. The number of allylic oxidation sites excluding steroid dienone is 1. The second-order valence-corrected chi connectivity index (χ2v) is 4.59. The lowest BCUT2D eigenvalue weighted by molar-refractivity contribution is 0.626. The third kappa shape index (κ3) is 4.72. The molecular weight excluding hydrogens is 208 g/mol. The Morgan fingerprint density at radius 3 is 2.41 bits per heavy atom. The van der Waals surface area contributed by atoms with E-state index in [4.69, 9.17) is 0 Å². The molecule has 0 fully saturated rings. The zero-order valence-electron chi connectivity index (χ0n) is 10.4. The molecule has 0 saturated heterocycles. The molecule has 0 bridgehead atoms. The SMILES string of the molecule is C1=C(CNCCNCc2ccccc2)CCC1. The first kappa shape index (κ1) is 12.3. The zero-order chi connectivity index (χ0) is 11.8. The molecule has 17 heavy (non-hydrogen) atoms. The van der Waals surface area contributed by atoms with Gasteiger partial charge in [0.15, 0.2) is 0 Å². The lowest BCUT2D eigenvalue weighted by Crippen LogP contribution is -2.28. The monoisotopic (exact) mass is 230 g/mol. The third-order valence-corrected chi connectivity index (χ3v) is 3.14. The fourth-order valence-corrected chi connectivity index (χ4v) is 2.15. The van der Waals surface area contributed by atoms with E-state index in [-0.39, 0.29) is 0 Å². The van der Waals surface area contributed by atoms with E-state index in [2.05, 4.69) is 47.0 Å². The molecule has 92 valence electrons. The van der Waals surface area contributed by atoms with Crippen molar-refractivity contribution in [2.75, 3.05) is 19.6 Å². The van der Waals surface area contributed by atoms with Gasteiger partial charge in [-0.15, -0.1) is 0 Å². The highest BCUT2D eigenvalue weighted by Crippen LogP contribution is 2.15. The Labute approximate surface area is 104 Å². The molecule has 0 aliphatic heterocycles. The van der Waals surface area contributed by atoms with Gasteiger partial charge in [-0.1, -0.05) is 42.0 Å². The van der Waals surface area contributed by atoms with E-state index in [9.17, 15) is 0 Å². The van der Waals surface area contributed by atoms with E-state index >= 15 is 0 Å². The lowest BCUT2D eigenvalue weighted by atomic mass is 10.2. The Morgan fingerprint density at radius 1 is 0.941 bits per heavy atom. The van der Waals surface area contributed by atoms with Crippen LogP contribution in [0.15, 0.2) is 42.0 Å². The number of hydrogen-bond donors (Lipinski definition) is 2. The smallest absolute Gasteiger partial charge is 0.0206 e. The number of benzene rings is 1. The van der Waals surface area contributed by atoms with Crippen LogP contribution in [-0.4, -0.2) is 19.6 Å². The summed E-state index contributed by atoms with van der Waals surface area (Å²) in [6.45, 7) is 4.12. The van der Waals surface area contributed by atoms with E-state index in [1.165, 1.54) is 24.8 Å². The van der Waals surface area contributed by atoms with Gasteiger partial charge in [-0.3, -0.25) is 0 Å². The summed E-state index contributed by atoms with van der Waals surface area (Å²) in [4.78, 5) is 0. The van der Waals surface area contributed by atoms with Crippen LogP contribution in [0.5, 0.6) is 0 Å². The molecule has 0 aromatic heterocycles. The lowest BCUT2D eigenvalue weighted by Gasteiger charge is -2.07. The molecule has 1 aliphatic carbocycles. The highest BCUT2D eigenvalue weighted by molar-refractivity contribution is 5.14. The normalized spacial score (nSPS) is 14.9. The fraction of sp³-hybridized carbons (Fsp3) is 0.467. The Morgan fingerprint density at radius 2 is 1.71 bits per heavy atom. The molecule has 2 rings (SSSR count). The molecule has 0 saturated carbocycles. The van der Waals surface area contributed by atoms with Gasteiger partial charge < -0.3 is 10.6 Å². The number of hydrogen-bond acceptors (Lipinski definition) is 2. The van der Waals surface area contributed by atoms with Crippen LogP contribution in [0, 0.1) is 0 Å². The second kappa shape index (κ2) is 7.25. The van der Waals surface area contributed by atoms with Crippen LogP contribution in [-0.2, 0) is 6.54 Å². The fourth-order valence-electron chi connectivity index (χ4n) is 2.15. The van der Waals surface area contributed by atoms with Crippen molar-refractivity contribution in [1.82, 2.24) is 10.6 Å². The molecule has 0 spiro atoms. The molecule has 0 unspecified atom stereocenters. The molecule has 0 radical (unpaired) electrons. The minimum Gasteiger partial charge on any atom is -0.312 e. The third-order valence-electron chi connectivity index (χ3n) is 3.14. The highest BCUT2D eigenvalue weighted by Gasteiger charge is 2.02. The standard InChI is InChI=1S/C15H22N2/c1-2-6-14(7-3-1)12-16-10-11-17-13-15-8-4-5-9-15/h1-3,6-8,16-17H,4-5,9-13H2. The Hall–Kier alpha value is -1.12. The Bertz CT molecular complexity index is 343. The Balaban J connectivity index is 1.49. The van der Waals surface area contributed by atoms with E-state index in [0.29, 0.717) is 0 Å². The van der Waals surface area contributed by atoms with Gasteiger partial charge >= 0.3 is 0 Å². The van der Waals surface area contributed by atoms with Gasteiger partial charge in [-0.05, 0) is 24.8 Å². The maximum Gasteiger partial charge on any atom is 0.0206 e. The van der Waals surface area contributed by atoms with Gasteiger partial charge in [0.1, 0.15) is 0 Å². The van der Waals surface area contributed by atoms with Crippen LogP contribution in [0.3, 0.4) is 0 Å². The van der Waals surface area contributed by atoms with Crippen LogP contribution in [0.2, 0.25) is 0 Å². The van der Waals surface area contributed by atoms with Gasteiger partial charge in [0.25, 0.3) is 0 Å². The molecule has 0 amide bonds. The summed E-state index contributed by atoms with van der Waals surface area (Å²) in [6, 6.07) is 10.5. The first-order chi connectivity index (χ1) is 8.45. The maximum absolute atomic E-state index is 3.48. The molecule has 2 heteroatoms. The van der Waals surface area contributed by atoms with Crippen molar-refractivity contribution in [2.24, 2.45) is 0 Å². The predicted octanol–water partition coefficient (Wildman–Crippen LogP) is 2.48. The van der Waals surface area contributed by atoms with E-state index in [1.807, 2.05) is 0 Å². The van der Waals surface area contributed by atoms with Gasteiger partial charge in [0.2, 0.25) is 0 Å². The average Bonchev–Trinajstić information content (AvgIpc) is 2.88. The van der Waals surface area contributed by atoms with E-state index in [1.54, 1.807) is 5.57 Å². The van der Waals surface area contributed by atoms with E-state index < -0.39 is 0 Å². The molecule has 2 nitrogen and oxygen atoms in total. The number of nitrogens with one attached hydrogen (secondary N) is 2.